The van der Waals surface area contributed by atoms with Crippen LogP contribution in [0.3, 0.4) is 0 Å². The molecule has 0 N–H and O–H groups in total. The van der Waals surface area contributed by atoms with Gasteiger partial charge in [-0.25, -0.2) is 13.4 Å². The van der Waals surface area contributed by atoms with E-state index >= 15 is 0 Å². The molecule has 5 heteroatoms. The van der Waals surface area contributed by atoms with E-state index < -0.39 is 9.84 Å². The van der Waals surface area contributed by atoms with Gasteiger partial charge in [0.05, 0.1) is 10.6 Å². The fourth-order valence-electron chi connectivity index (χ4n) is 3.23. The number of aromatic nitrogens is 1. The summed E-state index contributed by atoms with van der Waals surface area (Å²) in [6.45, 7) is 1.94. The van der Waals surface area contributed by atoms with Crippen molar-refractivity contribution in [3.8, 4) is 11.3 Å². The van der Waals surface area contributed by atoms with Crippen LogP contribution in [0.25, 0.3) is 11.3 Å². The smallest absolute Gasteiger partial charge is 0.184 e. The Kier molecular flexibility index (Phi) is 4.21. The van der Waals surface area contributed by atoms with Crippen LogP contribution in [0.15, 0.2) is 52.7 Å². The van der Waals surface area contributed by atoms with Crippen LogP contribution in [0, 0.1) is 6.92 Å². The summed E-state index contributed by atoms with van der Waals surface area (Å²) in [5, 5.41) is 2.59. The van der Waals surface area contributed by atoms with E-state index in [1.54, 1.807) is 12.1 Å². The summed E-state index contributed by atoms with van der Waals surface area (Å²) in [6.07, 6.45) is 3.50. The SMILES string of the molecule is Cc1ccc(S(=O)(=O)Cc2nc(-c3ccc4c(c3)CCC4)cs2)cc1. The van der Waals surface area contributed by atoms with Gasteiger partial charge in [-0.05, 0) is 55.5 Å². The zero-order valence-electron chi connectivity index (χ0n) is 14.0. The molecule has 0 saturated heterocycles. The van der Waals surface area contributed by atoms with E-state index in [0.717, 1.165) is 29.7 Å². The molecule has 1 heterocycles. The lowest BCUT2D eigenvalue weighted by atomic mass is 10.1. The van der Waals surface area contributed by atoms with Crippen LogP contribution in [-0.2, 0) is 28.4 Å². The minimum absolute atomic E-state index is 0.0499. The number of nitrogens with zero attached hydrogens (tertiary/aromatic N) is 1. The average molecular weight is 370 g/mol. The van der Waals surface area contributed by atoms with E-state index in [4.69, 9.17) is 0 Å². The molecule has 1 aromatic heterocycles. The molecule has 0 fully saturated rings. The highest BCUT2D eigenvalue weighted by Crippen LogP contribution is 2.29. The third kappa shape index (κ3) is 3.39. The van der Waals surface area contributed by atoms with Crippen LogP contribution in [0.1, 0.15) is 28.1 Å². The highest BCUT2D eigenvalue weighted by Gasteiger charge is 2.18. The maximum Gasteiger partial charge on any atom is 0.184 e. The molecule has 0 bridgehead atoms. The lowest BCUT2D eigenvalue weighted by Crippen LogP contribution is -2.04. The van der Waals surface area contributed by atoms with Gasteiger partial charge >= 0.3 is 0 Å². The first-order valence-corrected chi connectivity index (χ1v) is 10.9. The lowest BCUT2D eigenvalue weighted by molar-refractivity contribution is 0.595. The van der Waals surface area contributed by atoms with Crippen molar-refractivity contribution in [1.29, 1.82) is 0 Å². The standard InChI is InChI=1S/C20H19NO2S2/c1-14-5-9-18(10-6-14)25(22,23)13-20-21-19(12-24-20)17-8-7-15-3-2-4-16(15)11-17/h5-12H,2-4,13H2,1H3. The normalized spacial score (nSPS) is 13.8. The van der Waals surface area contributed by atoms with Gasteiger partial charge < -0.3 is 0 Å². The van der Waals surface area contributed by atoms with Crippen molar-refractivity contribution in [2.75, 3.05) is 0 Å². The summed E-state index contributed by atoms with van der Waals surface area (Å²) >= 11 is 1.41. The first kappa shape index (κ1) is 16.5. The lowest BCUT2D eigenvalue weighted by Gasteiger charge is -2.03. The van der Waals surface area contributed by atoms with Crippen molar-refractivity contribution in [2.45, 2.75) is 36.8 Å². The van der Waals surface area contributed by atoms with E-state index in [0.29, 0.717) is 9.90 Å². The Balaban J connectivity index is 1.58. The third-order valence-corrected chi connectivity index (χ3v) is 7.32. The largest absolute Gasteiger partial charge is 0.240 e. The highest BCUT2D eigenvalue weighted by atomic mass is 32.2. The van der Waals surface area contributed by atoms with Crippen molar-refractivity contribution in [1.82, 2.24) is 4.98 Å². The molecule has 0 saturated carbocycles. The molecule has 25 heavy (non-hydrogen) atoms. The molecule has 0 unspecified atom stereocenters. The van der Waals surface area contributed by atoms with Crippen LogP contribution in [0.4, 0.5) is 0 Å². The topological polar surface area (TPSA) is 47.0 Å². The van der Waals surface area contributed by atoms with Gasteiger partial charge in [-0.2, -0.15) is 0 Å². The number of thiazole rings is 1. The molecule has 1 aliphatic carbocycles. The summed E-state index contributed by atoms with van der Waals surface area (Å²) in [7, 11) is -3.36. The van der Waals surface area contributed by atoms with E-state index in [1.165, 1.54) is 28.9 Å². The molecule has 1 aliphatic rings. The Bertz CT molecular complexity index is 1020. The van der Waals surface area contributed by atoms with Gasteiger partial charge in [0.1, 0.15) is 10.8 Å². The van der Waals surface area contributed by atoms with Gasteiger partial charge in [0, 0.05) is 10.9 Å². The Hall–Kier alpha value is -1.98. The Morgan fingerprint density at radius 3 is 2.60 bits per heavy atom. The maximum atomic E-state index is 12.6. The summed E-state index contributed by atoms with van der Waals surface area (Å²) in [5.41, 5.74) is 5.83. The van der Waals surface area contributed by atoms with Crippen molar-refractivity contribution >= 4 is 21.2 Å². The Morgan fingerprint density at radius 1 is 1.04 bits per heavy atom. The quantitative estimate of drug-likeness (QED) is 0.676. The van der Waals surface area contributed by atoms with Crippen molar-refractivity contribution in [3.05, 3.63) is 69.5 Å². The summed E-state index contributed by atoms with van der Waals surface area (Å²) < 4.78 is 25.2. The first-order chi connectivity index (χ1) is 12.0. The number of hydrogen-bond acceptors (Lipinski definition) is 4. The predicted octanol–water partition coefficient (Wildman–Crippen LogP) is 4.58. The molecule has 0 radical (unpaired) electrons. The van der Waals surface area contributed by atoms with Gasteiger partial charge in [-0.3, -0.25) is 0 Å². The zero-order chi connectivity index (χ0) is 17.4. The fraction of sp³-hybridized carbons (Fsp3) is 0.250. The zero-order valence-corrected chi connectivity index (χ0v) is 15.7. The second-order valence-corrected chi connectivity index (χ2v) is 9.47. The van der Waals surface area contributed by atoms with E-state index in [2.05, 4.69) is 23.2 Å². The molecule has 0 spiro atoms. The van der Waals surface area contributed by atoms with Gasteiger partial charge in [0.25, 0.3) is 0 Å². The monoisotopic (exact) mass is 369 g/mol. The van der Waals surface area contributed by atoms with Gasteiger partial charge in [-0.15, -0.1) is 11.3 Å². The first-order valence-electron chi connectivity index (χ1n) is 8.37. The molecule has 3 nitrogen and oxygen atoms in total. The third-order valence-electron chi connectivity index (χ3n) is 4.64. The van der Waals surface area contributed by atoms with Gasteiger partial charge in [0.2, 0.25) is 0 Å². The van der Waals surface area contributed by atoms with Crippen LogP contribution >= 0.6 is 11.3 Å². The van der Waals surface area contributed by atoms with Gasteiger partial charge in [0.15, 0.2) is 9.84 Å². The Labute approximate surface area is 152 Å². The number of aryl methyl sites for hydroxylation is 3. The Morgan fingerprint density at radius 2 is 1.80 bits per heavy atom. The number of fused-ring (bicyclic) bond motifs is 1. The van der Waals surface area contributed by atoms with E-state index in [-0.39, 0.29) is 5.75 Å². The maximum absolute atomic E-state index is 12.6. The molecule has 0 atom stereocenters. The fourth-order valence-corrected chi connectivity index (χ4v) is 5.66. The van der Waals surface area contributed by atoms with Gasteiger partial charge in [-0.1, -0.05) is 29.8 Å². The van der Waals surface area contributed by atoms with Crippen molar-refractivity contribution < 1.29 is 8.42 Å². The molecule has 0 amide bonds. The summed E-state index contributed by atoms with van der Waals surface area (Å²) in [6, 6.07) is 13.5. The number of rotatable bonds is 4. The summed E-state index contributed by atoms with van der Waals surface area (Å²) in [5.74, 6) is -0.0499. The minimum atomic E-state index is -3.36. The molecule has 0 aliphatic heterocycles. The van der Waals surface area contributed by atoms with E-state index in [9.17, 15) is 8.42 Å². The van der Waals surface area contributed by atoms with Crippen molar-refractivity contribution in [3.63, 3.8) is 0 Å². The second-order valence-electron chi connectivity index (χ2n) is 6.54. The van der Waals surface area contributed by atoms with Crippen LogP contribution in [0.5, 0.6) is 0 Å². The number of hydrogen-bond donors (Lipinski definition) is 0. The molecule has 128 valence electrons. The van der Waals surface area contributed by atoms with Crippen LogP contribution in [0.2, 0.25) is 0 Å². The number of benzene rings is 2. The van der Waals surface area contributed by atoms with Crippen LogP contribution in [-0.4, -0.2) is 13.4 Å². The number of sulfone groups is 1. The summed E-state index contributed by atoms with van der Waals surface area (Å²) in [4.78, 5) is 4.93. The van der Waals surface area contributed by atoms with E-state index in [1.807, 2.05) is 24.4 Å². The second kappa shape index (κ2) is 6.39. The highest BCUT2D eigenvalue weighted by molar-refractivity contribution is 7.90. The van der Waals surface area contributed by atoms with Crippen LogP contribution < -0.4 is 0 Å². The molecular weight excluding hydrogens is 350 g/mol. The van der Waals surface area contributed by atoms with Crippen molar-refractivity contribution in [2.24, 2.45) is 0 Å². The molecule has 4 rings (SSSR count). The minimum Gasteiger partial charge on any atom is -0.240 e. The molecule has 3 aromatic rings. The predicted molar refractivity (Wildman–Crippen MR) is 102 cm³/mol. The molecule has 2 aromatic carbocycles. The average Bonchev–Trinajstić information content (AvgIpc) is 3.23. The molecular formula is C20H19NO2S2.